The van der Waals surface area contributed by atoms with Gasteiger partial charge in [0.05, 0.1) is 19.3 Å². The zero-order chi connectivity index (χ0) is 13.3. The van der Waals surface area contributed by atoms with E-state index in [2.05, 4.69) is 5.32 Å². The van der Waals surface area contributed by atoms with Crippen LogP contribution in [-0.2, 0) is 19.0 Å². The molecule has 1 heterocycles. The summed E-state index contributed by atoms with van der Waals surface area (Å²) in [6.07, 6.45) is 5.56. The average Bonchev–Trinajstić information content (AvgIpc) is 3.11. The summed E-state index contributed by atoms with van der Waals surface area (Å²) < 4.78 is 17.2. The molecule has 2 saturated carbocycles. The highest BCUT2D eigenvalue weighted by atomic mass is 16.7. The van der Waals surface area contributed by atoms with Crippen LogP contribution in [0.1, 0.15) is 45.4 Å². The van der Waals surface area contributed by atoms with Crippen molar-refractivity contribution in [2.75, 3.05) is 13.2 Å². The highest BCUT2D eigenvalue weighted by Crippen LogP contribution is 2.37. The van der Waals surface area contributed by atoms with Gasteiger partial charge in [0, 0.05) is 18.9 Å². The third-order valence-corrected chi connectivity index (χ3v) is 4.20. The first kappa shape index (κ1) is 13.3. The van der Waals surface area contributed by atoms with Gasteiger partial charge in [-0.15, -0.1) is 0 Å². The van der Waals surface area contributed by atoms with Gasteiger partial charge in [-0.2, -0.15) is 0 Å². The predicted molar refractivity (Wildman–Crippen MR) is 68.6 cm³/mol. The third-order valence-electron chi connectivity index (χ3n) is 4.20. The van der Waals surface area contributed by atoms with Gasteiger partial charge in [-0.3, -0.25) is 4.79 Å². The number of hydrogen-bond acceptors (Lipinski definition) is 4. The van der Waals surface area contributed by atoms with Crippen molar-refractivity contribution in [1.82, 2.24) is 5.32 Å². The van der Waals surface area contributed by atoms with Crippen LogP contribution >= 0.6 is 0 Å². The highest BCUT2D eigenvalue weighted by Gasteiger charge is 2.41. The van der Waals surface area contributed by atoms with Crippen molar-refractivity contribution in [1.29, 1.82) is 0 Å². The van der Waals surface area contributed by atoms with Gasteiger partial charge in [0.1, 0.15) is 6.10 Å². The Morgan fingerprint density at radius 1 is 1.21 bits per heavy atom. The molecule has 3 aliphatic rings. The Hall–Kier alpha value is -0.650. The Labute approximate surface area is 114 Å². The second-order valence-corrected chi connectivity index (χ2v) is 5.87. The summed E-state index contributed by atoms with van der Waals surface area (Å²) in [4.78, 5) is 11.8. The van der Waals surface area contributed by atoms with Crippen molar-refractivity contribution >= 4 is 5.91 Å². The van der Waals surface area contributed by atoms with Crippen LogP contribution < -0.4 is 5.32 Å². The molecular weight excluding hydrogens is 246 g/mol. The molecule has 0 bridgehead atoms. The van der Waals surface area contributed by atoms with Gasteiger partial charge in [0.25, 0.3) is 0 Å². The van der Waals surface area contributed by atoms with E-state index in [4.69, 9.17) is 14.2 Å². The molecule has 5 heteroatoms. The largest absolute Gasteiger partial charge is 0.365 e. The van der Waals surface area contributed by atoms with E-state index in [0.29, 0.717) is 19.3 Å². The lowest BCUT2D eigenvalue weighted by molar-refractivity contribution is -0.195. The third kappa shape index (κ3) is 3.27. The van der Waals surface area contributed by atoms with Gasteiger partial charge in [-0.1, -0.05) is 0 Å². The molecule has 2 aliphatic carbocycles. The molecule has 0 aromatic heterocycles. The molecule has 5 nitrogen and oxygen atoms in total. The van der Waals surface area contributed by atoms with Crippen molar-refractivity contribution in [2.24, 2.45) is 0 Å². The Kier molecular flexibility index (Phi) is 3.78. The summed E-state index contributed by atoms with van der Waals surface area (Å²) in [5.41, 5.74) is 0. The SMILES string of the molecule is CC(OC1CCC2(CC1)OCCO2)C(=O)NC1CC1. The highest BCUT2D eigenvalue weighted by molar-refractivity contribution is 5.80. The summed E-state index contributed by atoms with van der Waals surface area (Å²) >= 11 is 0. The molecule has 0 aromatic carbocycles. The molecule has 1 unspecified atom stereocenters. The van der Waals surface area contributed by atoms with Gasteiger partial charge in [-0.25, -0.2) is 0 Å². The first-order valence-electron chi connectivity index (χ1n) is 7.41. The number of rotatable bonds is 4. The quantitative estimate of drug-likeness (QED) is 0.837. The molecule has 1 amide bonds. The van der Waals surface area contributed by atoms with E-state index < -0.39 is 0 Å². The monoisotopic (exact) mass is 269 g/mol. The van der Waals surface area contributed by atoms with Gasteiger partial charge >= 0.3 is 0 Å². The summed E-state index contributed by atoms with van der Waals surface area (Å²) in [6.45, 7) is 3.24. The standard InChI is InChI=1S/C14H23NO4/c1-10(13(16)15-11-2-3-11)19-12-4-6-14(7-5-12)17-8-9-18-14/h10-12H,2-9H2,1H3,(H,15,16). The summed E-state index contributed by atoms with van der Waals surface area (Å²) in [5, 5.41) is 2.98. The van der Waals surface area contributed by atoms with E-state index in [1.165, 1.54) is 0 Å². The Bertz CT molecular complexity index is 326. The van der Waals surface area contributed by atoms with E-state index in [1.54, 1.807) is 0 Å². The van der Waals surface area contributed by atoms with Crippen molar-refractivity contribution in [3.63, 3.8) is 0 Å². The fourth-order valence-corrected chi connectivity index (χ4v) is 2.85. The predicted octanol–water partition coefficient (Wildman–Crippen LogP) is 1.36. The van der Waals surface area contributed by atoms with Crippen LogP contribution in [-0.4, -0.2) is 43.2 Å². The number of hydrogen-bond donors (Lipinski definition) is 1. The first-order valence-corrected chi connectivity index (χ1v) is 7.41. The van der Waals surface area contributed by atoms with Crippen LogP contribution in [0.2, 0.25) is 0 Å². The lowest BCUT2D eigenvalue weighted by Gasteiger charge is -2.36. The van der Waals surface area contributed by atoms with Gasteiger partial charge < -0.3 is 19.5 Å². The second kappa shape index (κ2) is 5.38. The minimum atomic E-state index is -0.356. The Balaban J connectivity index is 1.42. The molecule has 0 aromatic rings. The molecule has 1 aliphatic heterocycles. The molecule has 108 valence electrons. The van der Waals surface area contributed by atoms with Gasteiger partial charge in [0.2, 0.25) is 5.91 Å². The van der Waals surface area contributed by atoms with Crippen molar-refractivity contribution in [3.05, 3.63) is 0 Å². The summed E-state index contributed by atoms with van der Waals surface area (Å²) in [5.74, 6) is -0.324. The molecule has 1 atom stereocenters. The number of ether oxygens (including phenoxy) is 3. The molecule has 0 radical (unpaired) electrons. The molecule has 1 saturated heterocycles. The van der Waals surface area contributed by atoms with Crippen molar-refractivity contribution in [2.45, 2.75) is 69.5 Å². The average molecular weight is 269 g/mol. The molecule has 3 fully saturated rings. The fraction of sp³-hybridized carbons (Fsp3) is 0.929. The summed E-state index contributed by atoms with van der Waals surface area (Å²) in [7, 11) is 0. The minimum absolute atomic E-state index is 0.0242. The topological polar surface area (TPSA) is 56.8 Å². The smallest absolute Gasteiger partial charge is 0.249 e. The molecular formula is C14H23NO4. The van der Waals surface area contributed by atoms with E-state index in [1.807, 2.05) is 6.92 Å². The van der Waals surface area contributed by atoms with E-state index in [0.717, 1.165) is 38.5 Å². The molecule has 1 spiro atoms. The van der Waals surface area contributed by atoms with Gasteiger partial charge in [0.15, 0.2) is 5.79 Å². The Morgan fingerprint density at radius 2 is 1.84 bits per heavy atom. The van der Waals surface area contributed by atoms with Crippen LogP contribution in [0.4, 0.5) is 0 Å². The molecule has 3 rings (SSSR count). The molecule has 1 N–H and O–H groups in total. The maximum atomic E-state index is 11.8. The maximum Gasteiger partial charge on any atom is 0.249 e. The van der Waals surface area contributed by atoms with Gasteiger partial charge in [-0.05, 0) is 32.6 Å². The number of carbonyl (C=O) groups is 1. The lowest BCUT2D eigenvalue weighted by atomic mass is 9.91. The Morgan fingerprint density at radius 3 is 2.42 bits per heavy atom. The number of carbonyl (C=O) groups excluding carboxylic acids is 1. The van der Waals surface area contributed by atoms with E-state index in [9.17, 15) is 4.79 Å². The zero-order valence-corrected chi connectivity index (χ0v) is 11.5. The van der Waals surface area contributed by atoms with Crippen molar-refractivity contribution < 1.29 is 19.0 Å². The second-order valence-electron chi connectivity index (χ2n) is 5.87. The number of nitrogens with one attached hydrogen (secondary N) is 1. The van der Waals surface area contributed by atoms with Crippen LogP contribution in [0, 0.1) is 0 Å². The number of amides is 1. The first-order chi connectivity index (χ1) is 9.17. The van der Waals surface area contributed by atoms with E-state index >= 15 is 0 Å². The fourth-order valence-electron chi connectivity index (χ4n) is 2.85. The maximum absolute atomic E-state index is 11.8. The van der Waals surface area contributed by atoms with Crippen LogP contribution in [0.5, 0.6) is 0 Å². The van der Waals surface area contributed by atoms with Crippen LogP contribution in [0.25, 0.3) is 0 Å². The van der Waals surface area contributed by atoms with Crippen LogP contribution in [0.3, 0.4) is 0 Å². The normalized spacial score (nSPS) is 28.5. The lowest BCUT2D eigenvalue weighted by Crippen LogP contribution is -2.42. The van der Waals surface area contributed by atoms with Crippen LogP contribution in [0.15, 0.2) is 0 Å². The summed E-state index contributed by atoms with van der Waals surface area (Å²) in [6, 6.07) is 0.397. The minimum Gasteiger partial charge on any atom is -0.365 e. The van der Waals surface area contributed by atoms with Crippen molar-refractivity contribution in [3.8, 4) is 0 Å². The van der Waals surface area contributed by atoms with E-state index in [-0.39, 0.29) is 23.9 Å². The molecule has 19 heavy (non-hydrogen) atoms. The zero-order valence-electron chi connectivity index (χ0n) is 11.5.